The van der Waals surface area contributed by atoms with Gasteiger partial charge in [0, 0.05) is 17.7 Å². The van der Waals surface area contributed by atoms with Gasteiger partial charge in [-0.15, -0.1) is 0 Å². The monoisotopic (exact) mass is 201 g/mol. The third kappa shape index (κ3) is 3.17. The minimum Gasteiger partial charge on any atom is -0.198 e. The Morgan fingerprint density at radius 3 is 2.79 bits per heavy atom. The molecule has 0 saturated carbocycles. The number of rotatable bonds is 2. The van der Waals surface area contributed by atoms with Crippen LogP contribution in [0.1, 0.15) is 17.5 Å². The van der Waals surface area contributed by atoms with Crippen molar-refractivity contribution in [3.05, 3.63) is 35.4 Å². The number of hydrogen-bond donors (Lipinski definition) is 1. The van der Waals surface area contributed by atoms with Crippen molar-refractivity contribution in [1.29, 1.82) is 5.26 Å². The average molecular weight is 201 g/mol. The minimum absolute atomic E-state index is 0.422. The van der Waals surface area contributed by atoms with Crippen LogP contribution in [0.2, 0.25) is 0 Å². The molecular formula is C12H11NS. The van der Waals surface area contributed by atoms with Crippen LogP contribution in [-0.4, -0.2) is 5.75 Å². The van der Waals surface area contributed by atoms with Crippen molar-refractivity contribution in [3.63, 3.8) is 0 Å². The first-order chi connectivity index (χ1) is 6.88. The van der Waals surface area contributed by atoms with Crippen LogP contribution >= 0.6 is 12.6 Å². The number of thiol groups is 1. The van der Waals surface area contributed by atoms with Gasteiger partial charge in [-0.25, -0.2) is 0 Å². The van der Waals surface area contributed by atoms with Crippen LogP contribution in [-0.2, 0) is 6.42 Å². The summed E-state index contributed by atoms with van der Waals surface area (Å²) in [4.78, 5) is 0. The van der Waals surface area contributed by atoms with Gasteiger partial charge in [0.2, 0.25) is 0 Å². The molecule has 14 heavy (non-hydrogen) atoms. The van der Waals surface area contributed by atoms with E-state index in [1.54, 1.807) is 0 Å². The second kappa shape index (κ2) is 6.13. The van der Waals surface area contributed by atoms with Crippen LogP contribution in [0.4, 0.5) is 0 Å². The van der Waals surface area contributed by atoms with Gasteiger partial charge in [-0.1, -0.05) is 30.0 Å². The highest BCUT2D eigenvalue weighted by Gasteiger charge is 1.96. The topological polar surface area (TPSA) is 23.8 Å². The van der Waals surface area contributed by atoms with E-state index in [0.29, 0.717) is 6.42 Å². The van der Waals surface area contributed by atoms with Crippen molar-refractivity contribution in [2.24, 2.45) is 0 Å². The fourth-order valence-corrected chi connectivity index (χ4v) is 1.21. The SMILES string of the molecule is N#CCc1ccccc1C#CCCS. The highest BCUT2D eigenvalue weighted by molar-refractivity contribution is 7.80. The normalized spacial score (nSPS) is 8.57. The first kappa shape index (κ1) is 10.7. The molecule has 0 unspecified atom stereocenters. The Hall–Kier alpha value is -1.38. The smallest absolute Gasteiger partial charge is 0.0670 e. The van der Waals surface area contributed by atoms with E-state index in [-0.39, 0.29) is 0 Å². The molecule has 0 fully saturated rings. The summed E-state index contributed by atoms with van der Waals surface area (Å²) < 4.78 is 0. The van der Waals surface area contributed by atoms with Gasteiger partial charge in [0.25, 0.3) is 0 Å². The van der Waals surface area contributed by atoms with E-state index in [0.717, 1.165) is 23.3 Å². The summed E-state index contributed by atoms with van der Waals surface area (Å²) in [5.74, 6) is 6.83. The molecule has 1 rings (SSSR count). The molecule has 0 saturated heterocycles. The maximum absolute atomic E-state index is 8.61. The lowest BCUT2D eigenvalue weighted by Gasteiger charge is -1.97. The first-order valence-corrected chi connectivity index (χ1v) is 5.06. The van der Waals surface area contributed by atoms with Gasteiger partial charge in [-0.3, -0.25) is 0 Å². The van der Waals surface area contributed by atoms with Crippen LogP contribution in [0.5, 0.6) is 0 Å². The Morgan fingerprint density at radius 2 is 2.07 bits per heavy atom. The Balaban J connectivity index is 2.87. The summed E-state index contributed by atoms with van der Waals surface area (Å²) >= 11 is 4.08. The number of nitrogens with zero attached hydrogens (tertiary/aromatic N) is 1. The Morgan fingerprint density at radius 1 is 1.29 bits per heavy atom. The molecule has 0 amide bonds. The molecule has 1 nitrogen and oxygen atoms in total. The van der Waals surface area contributed by atoms with E-state index in [4.69, 9.17) is 5.26 Å². The third-order valence-electron chi connectivity index (χ3n) is 1.75. The first-order valence-electron chi connectivity index (χ1n) is 4.43. The lowest BCUT2D eigenvalue weighted by Crippen LogP contribution is -1.87. The van der Waals surface area contributed by atoms with Gasteiger partial charge in [-0.2, -0.15) is 17.9 Å². The van der Waals surface area contributed by atoms with Crippen molar-refractivity contribution in [2.45, 2.75) is 12.8 Å². The number of hydrogen-bond acceptors (Lipinski definition) is 2. The van der Waals surface area contributed by atoms with Gasteiger partial charge in [0.05, 0.1) is 12.5 Å². The molecule has 0 radical (unpaired) electrons. The molecule has 0 spiro atoms. The van der Waals surface area contributed by atoms with Crippen LogP contribution in [0.25, 0.3) is 0 Å². The lowest BCUT2D eigenvalue weighted by atomic mass is 10.1. The third-order valence-corrected chi connectivity index (χ3v) is 1.97. The van der Waals surface area contributed by atoms with Crippen LogP contribution in [0, 0.1) is 23.2 Å². The molecule has 1 aromatic carbocycles. The maximum atomic E-state index is 8.61. The quantitative estimate of drug-likeness (QED) is 0.576. The molecule has 2 heteroatoms. The summed E-state index contributed by atoms with van der Waals surface area (Å²) in [6.45, 7) is 0. The van der Waals surface area contributed by atoms with Gasteiger partial charge in [0.15, 0.2) is 0 Å². The lowest BCUT2D eigenvalue weighted by molar-refractivity contribution is 1.25. The summed E-state index contributed by atoms with van der Waals surface area (Å²) in [5, 5.41) is 8.61. The van der Waals surface area contributed by atoms with Gasteiger partial charge < -0.3 is 0 Å². The zero-order valence-electron chi connectivity index (χ0n) is 7.83. The largest absolute Gasteiger partial charge is 0.198 e. The Labute approximate surface area is 90.2 Å². The van der Waals surface area contributed by atoms with Crippen molar-refractivity contribution in [3.8, 4) is 17.9 Å². The van der Waals surface area contributed by atoms with Crippen LogP contribution in [0.3, 0.4) is 0 Å². The molecule has 0 aliphatic rings. The molecule has 0 aromatic heterocycles. The summed E-state index contributed by atoms with van der Waals surface area (Å²) in [7, 11) is 0. The van der Waals surface area contributed by atoms with E-state index in [1.807, 2.05) is 24.3 Å². The zero-order chi connectivity index (χ0) is 10.2. The van der Waals surface area contributed by atoms with Gasteiger partial charge in [0.1, 0.15) is 0 Å². The van der Waals surface area contributed by atoms with Crippen LogP contribution < -0.4 is 0 Å². The number of nitriles is 1. The van der Waals surface area contributed by atoms with E-state index in [2.05, 4.69) is 30.5 Å². The van der Waals surface area contributed by atoms with Gasteiger partial charge >= 0.3 is 0 Å². The molecular weight excluding hydrogens is 190 g/mol. The Bertz CT molecular complexity index is 393. The van der Waals surface area contributed by atoms with Crippen molar-refractivity contribution < 1.29 is 0 Å². The highest BCUT2D eigenvalue weighted by Crippen LogP contribution is 2.07. The molecule has 70 valence electrons. The van der Waals surface area contributed by atoms with Crippen molar-refractivity contribution >= 4 is 12.6 Å². The molecule has 0 N–H and O–H groups in total. The van der Waals surface area contributed by atoms with E-state index >= 15 is 0 Å². The van der Waals surface area contributed by atoms with E-state index < -0.39 is 0 Å². The molecule has 0 aliphatic heterocycles. The van der Waals surface area contributed by atoms with E-state index in [1.165, 1.54) is 0 Å². The van der Waals surface area contributed by atoms with Gasteiger partial charge in [-0.05, 0) is 11.6 Å². The number of benzene rings is 1. The maximum Gasteiger partial charge on any atom is 0.0670 e. The van der Waals surface area contributed by atoms with Crippen molar-refractivity contribution in [2.75, 3.05) is 5.75 Å². The standard InChI is InChI=1S/C12H11NS/c13-9-8-12-6-2-1-5-11(12)7-3-4-10-14/h1-2,5-6,14H,4,8,10H2. The predicted molar refractivity (Wildman–Crippen MR) is 61.1 cm³/mol. The minimum atomic E-state index is 0.422. The Kier molecular flexibility index (Phi) is 4.69. The fraction of sp³-hybridized carbons (Fsp3) is 0.250. The van der Waals surface area contributed by atoms with Crippen LogP contribution in [0.15, 0.2) is 24.3 Å². The fourth-order valence-electron chi connectivity index (χ4n) is 1.10. The second-order valence-corrected chi connectivity index (χ2v) is 3.21. The zero-order valence-corrected chi connectivity index (χ0v) is 8.72. The second-order valence-electron chi connectivity index (χ2n) is 2.77. The molecule has 0 heterocycles. The molecule has 0 aliphatic carbocycles. The summed E-state index contributed by atoms with van der Waals surface area (Å²) in [6, 6.07) is 9.88. The summed E-state index contributed by atoms with van der Waals surface area (Å²) in [5.41, 5.74) is 1.96. The van der Waals surface area contributed by atoms with E-state index in [9.17, 15) is 0 Å². The van der Waals surface area contributed by atoms with Crippen molar-refractivity contribution in [1.82, 2.24) is 0 Å². The highest BCUT2D eigenvalue weighted by atomic mass is 32.1. The summed E-state index contributed by atoms with van der Waals surface area (Å²) in [6.07, 6.45) is 1.20. The molecule has 0 atom stereocenters. The average Bonchev–Trinajstić information content (AvgIpc) is 2.21. The predicted octanol–water partition coefficient (Wildman–Crippen LogP) is 2.42. The molecule has 0 bridgehead atoms. The molecule has 1 aromatic rings.